The summed E-state index contributed by atoms with van der Waals surface area (Å²) in [6, 6.07) is -0.860. The molecule has 0 aromatic rings. The number of carbonyl (C=O) groups excluding carboxylic acids is 1. The van der Waals surface area contributed by atoms with Gasteiger partial charge in [0.1, 0.15) is 6.04 Å². The molecule has 0 aromatic carbocycles. The van der Waals surface area contributed by atoms with Gasteiger partial charge in [0.05, 0.1) is 5.54 Å². The number of carbonyl (C=O) groups is 2. The van der Waals surface area contributed by atoms with E-state index in [4.69, 9.17) is 5.11 Å². The molecule has 1 unspecified atom stereocenters. The van der Waals surface area contributed by atoms with E-state index in [-0.39, 0.29) is 5.91 Å². The van der Waals surface area contributed by atoms with Gasteiger partial charge in [0, 0.05) is 0 Å². The molecule has 1 amide bonds. The molecule has 0 radical (unpaired) electrons. The lowest BCUT2D eigenvalue weighted by atomic mass is 10.0. The summed E-state index contributed by atoms with van der Waals surface area (Å²) in [5.41, 5.74) is -0.705. The largest absolute Gasteiger partial charge is 0.480 e. The van der Waals surface area contributed by atoms with Gasteiger partial charge in [-0.2, -0.15) is 0 Å². The molecule has 5 nitrogen and oxygen atoms in total. The van der Waals surface area contributed by atoms with Crippen molar-refractivity contribution < 1.29 is 14.7 Å². The first kappa shape index (κ1) is 12.9. The first-order valence-electron chi connectivity index (χ1n) is 4.40. The normalized spacial score (nSPS) is 13.9. The molecule has 0 aliphatic carbocycles. The van der Waals surface area contributed by atoms with E-state index >= 15 is 0 Å². The van der Waals surface area contributed by atoms with Gasteiger partial charge in [-0.25, -0.2) is 0 Å². The number of hydrogen-bond donors (Lipinski definition) is 2. The zero-order valence-corrected chi connectivity index (χ0v) is 9.29. The van der Waals surface area contributed by atoms with Gasteiger partial charge in [0.25, 0.3) is 0 Å². The van der Waals surface area contributed by atoms with E-state index in [9.17, 15) is 9.59 Å². The quantitative estimate of drug-likeness (QED) is 0.668. The monoisotopic (exact) mass is 202 g/mol. The molecule has 0 rings (SSSR count). The Balaban J connectivity index is 4.42. The van der Waals surface area contributed by atoms with Crippen LogP contribution in [0.25, 0.3) is 0 Å². The lowest BCUT2D eigenvalue weighted by molar-refractivity contribution is -0.143. The summed E-state index contributed by atoms with van der Waals surface area (Å²) in [6.45, 7) is 4.90. The molecule has 14 heavy (non-hydrogen) atoms. The molecule has 0 fully saturated rings. The van der Waals surface area contributed by atoms with Crippen molar-refractivity contribution in [3.05, 3.63) is 0 Å². The van der Waals surface area contributed by atoms with Crippen LogP contribution in [0.1, 0.15) is 20.8 Å². The standard InChI is InChI=1S/C9H18N2O3/c1-6(7(12)13)10-8(14)9(2,3)11(4)5/h6H,1-5H3,(H,10,14)(H,12,13). The fraction of sp³-hybridized carbons (Fsp3) is 0.778. The second-order valence-electron chi connectivity index (χ2n) is 3.99. The fourth-order valence-corrected chi connectivity index (χ4v) is 0.638. The van der Waals surface area contributed by atoms with Crippen molar-refractivity contribution in [3.8, 4) is 0 Å². The van der Waals surface area contributed by atoms with Crippen LogP contribution in [0.15, 0.2) is 0 Å². The lowest BCUT2D eigenvalue weighted by Crippen LogP contribution is -2.55. The summed E-state index contributed by atoms with van der Waals surface area (Å²) >= 11 is 0. The Morgan fingerprint density at radius 3 is 2.07 bits per heavy atom. The summed E-state index contributed by atoms with van der Waals surface area (Å²) in [4.78, 5) is 23.8. The number of carboxylic acids is 1. The number of carboxylic acid groups (broad SMARTS) is 1. The molecule has 0 heterocycles. The average Bonchev–Trinajstić information content (AvgIpc) is 2.03. The minimum Gasteiger partial charge on any atom is -0.480 e. The molecule has 2 N–H and O–H groups in total. The van der Waals surface area contributed by atoms with Crippen LogP contribution in [0.5, 0.6) is 0 Å². The van der Waals surface area contributed by atoms with E-state index in [2.05, 4.69) is 5.32 Å². The van der Waals surface area contributed by atoms with E-state index < -0.39 is 17.6 Å². The van der Waals surface area contributed by atoms with Crippen molar-refractivity contribution in [1.82, 2.24) is 10.2 Å². The van der Waals surface area contributed by atoms with Gasteiger partial charge < -0.3 is 10.4 Å². The van der Waals surface area contributed by atoms with Crippen LogP contribution in [0, 0.1) is 0 Å². The first-order chi connectivity index (χ1) is 6.19. The van der Waals surface area contributed by atoms with Gasteiger partial charge in [0.2, 0.25) is 5.91 Å². The number of nitrogens with zero attached hydrogens (tertiary/aromatic N) is 1. The highest BCUT2D eigenvalue weighted by Gasteiger charge is 2.31. The Morgan fingerprint density at radius 2 is 1.79 bits per heavy atom. The van der Waals surface area contributed by atoms with Crippen LogP contribution >= 0.6 is 0 Å². The van der Waals surface area contributed by atoms with Gasteiger partial charge in [0.15, 0.2) is 0 Å². The molecule has 1 atom stereocenters. The van der Waals surface area contributed by atoms with Crippen LogP contribution in [0.2, 0.25) is 0 Å². The Hall–Kier alpha value is -1.10. The van der Waals surface area contributed by atoms with Crippen LogP contribution in [0.3, 0.4) is 0 Å². The van der Waals surface area contributed by atoms with Crippen LogP contribution in [-0.4, -0.2) is 47.6 Å². The smallest absolute Gasteiger partial charge is 0.325 e. The highest BCUT2D eigenvalue weighted by molar-refractivity contribution is 5.89. The number of rotatable bonds is 4. The van der Waals surface area contributed by atoms with Gasteiger partial charge in [-0.1, -0.05) is 0 Å². The second kappa shape index (κ2) is 4.41. The van der Waals surface area contributed by atoms with Crippen molar-refractivity contribution in [2.45, 2.75) is 32.4 Å². The van der Waals surface area contributed by atoms with Crippen molar-refractivity contribution in [2.75, 3.05) is 14.1 Å². The molecule has 0 aromatic heterocycles. The predicted octanol–water partition coefficient (Wildman–Crippen LogP) is -0.0841. The maximum atomic E-state index is 11.6. The highest BCUT2D eigenvalue weighted by atomic mass is 16.4. The summed E-state index contributed by atoms with van der Waals surface area (Å²) in [7, 11) is 3.54. The Kier molecular flexibility index (Phi) is 4.07. The molecule has 0 saturated carbocycles. The third kappa shape index (κ3) is 2.99. The lowest BCUT2D eigenvalue weighted by Gasteiger charge is -2.31. The van der Waals surface area contributed by atoms with Crippen molar-refractivity contribution in [2.24, 2.45) is 0 Å². The minimum absolute atomic E-state index is 0.294. The van der Waals surface area contributed by atoms with Crippen LogP contribution in [-0.2, 0) is 9.59 Å². The molecule has 0 aliphatic heterocycles. The van der Waals surface area contributed by atoms with Gasteiger partial charge in [-0.05, 0) is 34.9 Å². The molecule has 0 bridgehead atoms. The van der Waals surface area contributed by atoms with Crippen molar-refractivity contribution in [1.29, 1.82) is 0 Å². The molecule has 0 saturated heterocycles. The number of amides is 1. The summed E-state index contributed by atoms with van der Waals surface area (Å²) < 4.78 is 0. The topological polar surface area (TPSA) is 69.6 Å². The summed E-state index contributed by atoms with van der Waals surface area (Å²) in [5, 5.41) is 11.0. The first-order valence-corrected chi connectivity index (χ1v) is 4.40. The fourth-order valence-electron chi connectivity index (χ4n) is 0.638. The van der Waals surface area contributed by atoms with Crippen LogP contribution in [0.4, 0.5) is 0 Å². The van der Waals surface area contributed by atoms with E-state index in [1.54, 1.807) is 32.8 Å². The zero-order valence-electron chi connectivity index (χ0n) is 9.29. The predicted molar refractivity (Wildman–Crippen MR) is 53.0 cm³/mol. The van der Waals surface area contributed by atoms with E-state index in [1.165, 1.54) is 6.92 Å². The van der Waals surface area contributed by atoms with Crippen LogP contribution < -0.4 is 5.32 Å². The third-order valence-electron chi connectivity index (χ3n) is 2.39. The number of likely N-dealkylation sites (N-methyl/N-ethyl adjacent to an activating group) is 1. The summed E-state index contributed by atoms with van der Waals surface area (Å²) in [6.07, 6.45) is 0. The summed E-state index contributed by atoms with van der Waals surface area (Å²) in [5.74, 6) is -1.33. The number of aliphatic carboxylic acids is 1. The SMILES string of the molecule is CC(NC(=O)C(C)(C)N(C)C)C(=O)O. The molecular weight excluding hydrogens is 184 g/mol. The van der Waals surface area contributed by atoms with Gasteiger partial charge >= 0.3 is 5.97 Å². The highest BCUT2D eigenvalue weighted by Crippen LogP contribution is 2.09. The van der Waals surface area contributed by atoms with E-state index in [0.29, 0.717) is 0 Å². The van der Waals surface area contributed by atoms with Crippen molar-refractivity contribution >= 4 is 11.9 Å². The van der Waals surface area contributed by atoms with Gasteiger partial charge in [-0.3, -0.25) is 14.5 Å². The maximum Gasteiger partial charge on any atom is 0.325 e. The number of hydrogen-bond acceptors (Lipinski definition) is 3. The zero-order chi connectivity index (χ0) is 11.5. The third-order valence-corrected chi connectivity index (χ3v) is 2.39. The second-order valence-corrected chi connectivity index (χ2v) is 3.99. The molecular formula is C9H18N2O3. The van der Waals surface area contributed by atoms with E-state index in [0.717, 1.165) is 0 Å². The Labute approximate surface area is 84.1 Å². The minimum atomic E-state index is -1.03. The maximum absolute atomic E-state index is 11.6. The number of nitrogens with one attached hydrogen (secondary N) is 1. The van der Waals surface area contributed by atoms with Gasteiger partial charge in [-0.15, -0.1) is 0 Å². The molecule has 5 heteroatoms. The molecule has 0 spiro atoms. The van der Waals surface area contributed by atoms with Crippen molar-refractivity contribution in [3.63, 3.8) is 0 Å². The average molecular weight is 202 g/mol. The molecule has 82 valence electrons. The Morgan fingerprint density at radius 1 is 1.36 bits per heavy atom. The molecule has 0 aliphatic rings. The Bertz CT molecular complexity index is 236. The van der Waals surface area contributed by atoms with E-state index in [1.807, 2.05) is 0 Å².